The van der Waals surface area contributed by atoms with Gasteiger partial charge in [0.05, 0.1) is 16.6 Å². The number of aromatic nitrogens is 2. The molecule has 1 atom stereocenters. The van der Waals surface area contributed by atoms with Crippen molar-refractivity contribution in [3.05, 3.63) is 70.8 Å². The second-order valence-electron chi connectivity index (χ2n) is 6.51. The highest BCUT2D eigenvalue weighted by Gasteiger charge is 2.25. The van der Waals surface area contributed by atoms with E-state index in [-0.39, 0.29) is 11.5 Å². The average Bonchev–Trinajstić information content (AvgIpc) is 3.17. The molecule has 4 rings (SSSR count). The molecule has 26 heavy (non-hydrogen) atoms. The van der Waals surface area contributed by atoms with E-state index in [9.17, 15) is 9.59 Å². The zero-order chi connectivity index (χ0) is 18.1. The van der Waals surface area contributed by atoms with Crippen molar-refractivity contribution in [1.29, 1.82) is 0 Å². The highest BCUT2D eigenvalue weighted by molar-refractivity contribution is 5.94. The van der Waals surface area contributed by atoms with Crippen molar-refractivity contribution in [2.24, 2.45) is 0 Å². The van der Waals surface area contributed by atoms with Gasteiger partial charge in [0, 0.05) is 24.7 Å². The molecule has 0 aliphatic carbocycles. The summed E-state index contributed by atoms with van der Waals surface area (Å²) >= 11 is 0. The van der Waals surface area contributed by atoms with Gasteiger partial charge in [0.25, 0.3) is 11.5 Å². The van der Waals surface area contributed by atoms with Crippen molar-refractivity contribution in [3.8, 4) is 5.69 Å². The van der Waals surface area contributed by atoms with Gasteiger partial charge in [-0.15, -0.1) is 0 Å². The highest BCUT2D eigenvalue weighted by Crippen LogP contribution is 2.16. The Hall–Kier alpha value is -2.99. The van der Waals surface area contributed by atoms with Gasteiger partial charge in [-0.2, -0.15) is 0 Å². The third-order valence-electron chi connectivity index (χ3n) is 4.94. The summed E-state index contributed by atoms with van der Waals surface area (Å²) in [6.45, 7) is 1.49. The molecule has 2 heterocycles. The molecule has 1 aliphatic heterocycles. The van der Waals surface area contributed by atoms with E-state index in [1.807, 2.05) is 30.1 Å². The van der Waals surface area contributed by atoms with Crippen molar-refractivity contribution in [2.45, 2.75) is 12.5 Å². The molecule has 0 bridgehead atoms. The van der Waals surface area contributed by atoms with Crippen LogP contribution in [-0.2, 0) is 0 Å². The quantitative estimate of drug-likeness (QED) is 0.784. The molecular formula is C20H20N4O2. The number of amides is 1. The van der Waals surface area contributed by atoms with Crippen LogP contribution >= 0.6 is 0 Å². The zero-order valence-electron chi connectivity index (χ0n) is 14.6. The number of nitrogens with one attached hydrogen (secondary N) is 1. The topological polar surface area (TPSA) is 67.2 Å². The van der Waals surface area contributed by atoms with E-state index in [1.165, 1.54) is 10.9 Å². The maximum atomic E-state index is 12.7. The second kappa shape index (κ2) is 6.72. The first-order chi connectivity index (χ1) is 12.7. The van der Waals surface area contributed by atoms with E-state index < -0.39 is 0 Å². The summed E-state index contributed by atoms with van der Waals surface area (Å²) in [5, 5.41) is 3.79. The zero-order valence-corrected chi connectivity index (χ0v) is 14.6. The van der Waals surface area contributed by atoms with Crippen LogP contribution in [0.15, 0.2) is 59.7 Å². The van der Waals surface area contributed by atoms with Crippen LogP contribution in [0.2, 0.25) is 0 Å². The van der Waals surface area contributed by atoms with Gasteiger partial charge in [0.2, 0.25) is 0 Å². The van der Waals surface area contributed by atoms with Gasteiger partial charge in [-0.25, -0.2) is 4.98 Å². The Bertz CT molecular complexity index is 1010. The molecule has 6 heteroatoms. The van der Waals surface area contributed by atoms with Crippen molar-refractivity contribution in [1.82, 2.24) is 19.8 Å². The minimum absolute atomic E-state index is 0.0262. The largest absolute Gasteiger partial charge is 0.337 e. The summed E-state index contributed by atoms with van der Waals surface area (Å²) < 4.78 is 1.50. The van der Waals surface area contributed by atoms with Crippen molar-refractivity contribution in [3.63, 3.8) is 0 Å². The first kappa shape index (κ1) is 16.5. The number of para-hydroxylation sites is 1. The minimum Gasteiger partial charge on any atom is -0.337 e. The predicted octanol–water partition coefficient (Wildman–Crippen LogP) is 1.82. The molecule has 1 amide bonds. The third-order valence-corrected chi connectivity index (χ3v) is 4.94. The fourth-order valence-corrected chi connectivity index (χ4v) is 3.38. The monoisotopic (exact) mass is 348 g/mol. The van der Waals surface area contributed by atoms with Gasteiger partial charge in [-0.3, -0.25) is 14.2 Å². The summed E-state index contributed by atoms with van der Waals surface area (Å²) in [6, 6.07) is 14.7. The maximum Gasteiger partial charge on any atom is 0.265 e. The van der Waals surface area contributed by atoms with E-state index in [1.54, 1.807) is 30.3 Å². The lowest BCUT2D eigenvalue weighted by Crippen LogP contribution is -2.33. The maximum absolute atomic E-state index is 12.7. The number of nitrogens with zero attached hydrogens (tertiary/aromatic N) is 3. The Kier molecular flexibility index (Phi) is 4.26. The van der Waals surface area contributed by atoms with Gasteiger partial charge >= 0.3 is 0 Å². The van der Waals surface area contributed by atoms with Gasteiger partial charge in [0.15, 0.2) is 0 Å². The number of likely N-dealkylation sites (N-methyl/N-ethyl adjacent to an activating group) is 1. The summed E-state index contributed by atoms with van der Waals surface area (Å²) in [7, 11) is 1.92. The Morgan fingerprint density at radius 3 is 2.65 bits per heavy atom. The van der Waals surface area contributed by atoms with E-state index in [2.05, 4.69) is 10.3 Å². The summed E-state index contributed by atoms with van der Waals surface area (Å²) in [5.41, 5.74) is 1.88. The van der Waals surface area contributed by atoms with E-state index in [0.29, 0.717) is 28.2 Å². The molecule has 0 unspecified atom stereocenters. The first-order valence-electron chi connectivity index (χ1n) is 8.71. The lowest BCUT2D eigenvalue weighted by Gasteiger charge is -2.16. The van der Waals surface area contributed by atoms with E-state index in [0.717, 1.165) is 19.5 Å². The number of benzene rings is 2. The van der Waals surface area contributed by atoms with Gasteiger partial charge < -0.3 is 10.2 Å². The van der Waals surface area contributed by atoms with Crippen LogP contribution in [0.25, 0.3) is 16.6 Å². The van der Waals surface area contributed by atoms with Crippen molar-refractivity contribution in [2.75, 3.05) is 20.1 Å². The van der Waals surface area contributed by atoms with E-state index in [4.69, 9.17) is 0 Å². The Labute approximate surface area is 151 Å². The molecule has 1 saturated heterocycles. The number of carbonyl (C=O) groups is 1. The predicted molar refractivity (Wildman–Crippen MR) is 101 cm³/mol. The lowest BCUT2D eigenvalue weighted by atomic mass is 10.1. The van der Waals surface area contributed by atoms with Gasteiger partial charge in [0.1, 0.15) is 6.33 Å². The summed E-state index contributed by atoms with van der Waals surface area (Å²) in [6.07, 6.45) is 2.50. The molecular weight excluding hydrogens is 328 g/mol. The van der Waals surface area contributed by atoms with Crippen LogP contribution < -0.4 is 10.9 Å². The third kappa shape index (κ3) is 2.88. The second-order valence-corrected chi connectivity index (χ2v) is 6.51. The molecule has 132 valence electrons. The highest BCUT2D eigenvalue weighted by atomic mass is 16.2. The molecule has 2 aromatic carbocycles. The molecule has 6 nitrogen and oxygen atoms in total. The molecule has 0 saturated carbocycles. The van der Waals surface area contributed by atoms with Crippen LogP contribution in [0.5, 0.6) is 0 Å². The number of hydrogen-bond acceptors (Lipinski definition) is 4. The number of likely N-dealkylation sites (tertiary alicyclic amines) is 1. The SMILES string of the molecule is CN[C@@H]1CCN(C(=O)c2ccc(-n3cnc4ccccc4c3=O)cc2)C1. The molecule has 1 fully saturated rings. The van der Waals surface area contributed by atoms with Crippen LogP contribution in [0.4, 0.5) is 0 Å². The van der Waals surface area contributed by atoms with Crippen LogP contribution in [-0.4, -0.2) is 46.5 Å². The Morgan fingerprint density at radius 2 is 1.92 bits per heavy atom. The number of rotatable bonds is 3. The van der Waals surface area contributed by atoms with Crippen molar-refractivity contribution >= 4 is 16.8 Å². The van der Waals surface area contributed by atoms with Crippen molar-refractivity contribution < 1.29 is 4.79 Å². The van der Waals surface area contributed by atoms with Gasteiger partial charge in [-0.1, -0.05) is 12.1 Å². The Balaban J connectivity index is 1.61. The fraction of sp³-hybridized carbons (Fsp3) is 0.250. The molecule has 3 aromatic rings. The molecule has 1 aromatic heterocycles. The fourth-order valence-electron chi connectivity index (χ4n) is 3.38. The first-order valence-corrected chi connectivity index (χ1v) is 8.71. The van der Waals surface area contributed by atoms with E-state index >= 15 is 0 Å². The molecule has 0 spiro atoms. The number of carbonyl (C=O) groups excluding carboxylic acids is 1. The standard InChI is InChI=1S/C20H20N4O2/c1-21-15-10-11-23(12-15)19(25)14-6-8-16(9-7-14)24-13-22-18-5-3-2-4-17(18)20(24)26/h2-9,13,15,21H,10-12H2,1H3/t15-/m1/s1. The average molecular weight is 348 g/mol. The lowest BCUT2D eigenvalue weighted by molar-refractivity contribution is 0.0789. The van der Waals surface area contributed by atoms with Crippen LogP contribution in [0, 0.1) is 0 Å². The summed E-state index contributed by atoms with van der Waals surface area (Å²) in [5.74, 6) is 0.0262. The van der Waals surface area contributed by atoms with Crippen LogP contribution in [0.1, 0.15) is 16.8 Å². The Morgan fingerprint density at radius 1 is 1.15 bits per heavy atom. The summed E-state index contributed by atoms with van der Waals surface area (Å²) in [4.78, 5) is 31.5. The minimum atomic E-state index is -0.119. The van der Waals surface area contributed by atoms with Crippen LogP contribution in [0.3, 0.4) is 0 Å². The smallest absolute Gasteiger partial charge is 0.265 e. The normalized spacial score (nSPS) is 17.0. The van der Waals surface area contributed by atoms with Gasteiger partial charge in [-0.05, 0) is 49.9 Å². The molecule has 0 radical (unpaired) electrons. The number of hydrogen-bond donors (Lipinski definition) is 1. The molecule has 1 N–H and O–H groups in total. The number of fused-ring (bicyclic) bond motifs is 1. The molecule has 1 aliphatic rings.